The highest BCUT2D eigenvalue weighted by Gasteiger charge is 2.20. The largest absolute Gasteiger partial charge is 0.338 e. The molecule has 4 aromatic heterocycles. The third-order valence-electron chi connectivity index (χ3n) is 5.40. The van der Waals surface area contributed by atoms with Crippen molar-refractivity contribution in [2.75, 3.05) is 37.6 Å². The molecule has 5 rings (SSSR count). The summed E-state index contributed by atoms with van der Waals surface area (Å²) in [5, 5.41) is 13.3. The molecule has 1 aliphatic rings. The van der Waals surface area contributed by atoms with Gasteiger partial charge < -0.3 is 9.80 Å². The van der Waals surface area contributed by atoms with E-state index in [9.17, 15) is 0 Å². The van der Waals surface area contributed by atoms with E-state index < -0.39 is 0 Å². The van der Waals surface area contributed by atoms with E-state index in [-0.39, 0.29) is 0 Å². The van der Waals surface area contributed by atoms with E-state index in [1.54, 1.807) is 23.1 Å². The average Bonchev–Trinajstić information content (AvgIpc) is 3.26. The Morgan fingerprint density at radius 2 is 1.87 bits per heavy atom. The van der Waals surface area contributed by atoms with Crippen molar-refractivity contribution < 1.29 is 0 Å². The van der Waals surface area contributed by atoms with E-state index in [0.29, 0.717) is 17.3 Å². The van der Waals surface area contributed by atoms with Gasteiger partial charge in [-0.15, -0.1) is 15.3 Å². The number of hydrogen-bond donors (Lipinski definition) is 0. The van der Waals surface area contributed by atoms with Crippen LogP contribution in [0.1, 0.15) is 12.6 Å². The van der Waals surface area contributed by atoms with Crippen LogP contribution in [-0.4, -0.2) is 77.4 Å². The summed E-state index contributed by atoms with van der Waals surface area (Å²) in [6.07, 6.45) is 5.22. The Morgan fingerprint density at radius 3 is 2.63 bits per heavy atom. The lowest BCUT2D eigenvalue weighted by atomic mass is 10.2. The van der Waals surface area contributed by atoms with Gasteiger partial charge in [-0.05, 0) is 31.7 Å². The van der Waals surface area contributed by atoms with Crippen LogP contribution in [0.15, 0.2) is 36.8 Å². The molecule has 0 saturated carbocycles. The van der Waals surface area contributed by atoms with Gasteiger partial charge in [0.2, 0.25) is 5.95 Å². The van der Waals surface area contributed by atoms with Crippen molar-refractivity contribution in [2.45, 2.75) is 13.8 Å². The maximum absolute atomic E-state index is 4.77. The summed E-state index contributed by atoms with van der Waals surface area (Å²) in [6, 6.07) is 5.63. The van der Waals surface area contributed by atoms with Crippen LogP contribution in [0.25, 0.3) is 28.6 Å². The summed E-state index contributed by atoms with van der Waals surface area (Å²) in [6.45, 7) is 9.07. The summed E-state index contributed by atoms with van der Waals surface area (Å²) < 4.78 is 1.70. The smallest absolute Gasteiger partial charge is 0.272 e. The Kier molecular flexibility index (Phi) is 4.75. The fraction of sp³-hybridized carbons (Fsp3) is 0.350. The molecule has 10 nitrogen and oxygen atoms in total. The molecule has 0 aliphatic carbocycles. The number of anilines is 1. The maximum atomic E-state index is 4.77. The Morgan fingerprint density at radius 1 is 1.00 bits per heavy atom. The molecular weight excluding hydrogens is 380 g/mol. The quantitative estimate of drug-likeness (QED) is 0.502. The van der Waals surface area contributed by atoms with Crippen molar-refractivity contribution in [1.29, 1.82) is 0 Å². The zero-order valence-corrected chi connectivity index (χ0v) is 17.0. The van der Waals surface area contributed by atoms with E-state index >= 15 is 0 Å². The van der Waals surface area contributed by atoms with Crippen LogP contribution in [0.2, 0.25) is 0 Å². The van der Waals surface area contributed by atoms with E-state index in [1.165, 1.54) is 0 Å². The van der Waals surface area contributed by atoms with Gasteiger partial charge in [-0.1, -0.05) is 6.92 Å². The molecule has 0 radical (unpaired) electrons. The molecule has 5 heterocycles. The SMILES string of the molecule is CCN1CCN(c2nccc(-c3nnc4nc(-c5cccnc5)nn4c3C)n2)CC1. The number of aromatic nitrogens is 8. The van der Waals surface area contributed by atoms with E-state index in [2.05, 4.69) is 47.0 Å². The molecule has 0 N–H and O–H groups in total. The monoisotopic (exact) mass is 402 g/mol. The number of fused-ring (bicyclic) bond motifs is 1. The predicted octanol–water partition coefficient (Wildman–Crippen LogP) is 1.49. The topological polar surface area (TPSA) is 101 Å². The predicted molar refractivity (Wildman–Crippen MR) is 112 cm³/mol. The van der Waals surface area contributed by atoms with Crippen LogP contribution < -0.4 is 4.90 Å². The Balaban J connectivity index is 1.48. The zero-order valence-electron chi connectivity index (χ0n) is 17.0. The van der Waals surface area contributed by atoms with Crippen LogP contribution in [0.5, 0.6) is 0 Å². The van der Waals surface area contributed by atoms with Crippen LogP contribution in [0.4, 0.5) is 5.95 Å². The molecule has 0 amide bonds. The normalized spacial score (nSPS) is 15.1. The van der Waals surface area contributed by atoms with Crippen molar-refractivity contribution in [3.8, 4) is 22.8 Å². The van der Waals surface area contributed by atoms with Gasteiger partial charge in [-0.2, -0.15) is 9.50 Å². The minimum atomic E-state index is 0.445. The van der Waals surface area contributed by atoms with Gasteiger partial charge in [0, 0.05) is 50.3 Å². The Labute approximate surface area is 173 Å². The fourth-order valence-corrected chi connectivity index (χ4v) is 3.61. The van der Waals surface area contributed by atoms with Crippen molar-refractivity contribution in [3.63, 3.8) is 0 Å². The van der Waals surface area contributed by atoms with Crippen molar-refractivity contribution in [1.82, 2.24) is 44.6 Å². The van der Waals surface area contributed by atoms with Crippen molar-refractivity contribution in [2.24, 2.45) is 0 Å². The summed E-state index contributed by atoms with van der Waals surface area (Å²) in [7, 11) is 0. The molecule has 0 aromatic carbocycles. The van der Waals surface area contributed by atoms with Crippen molar-refractivity contribution in [3.05, 3.63) is 42.5 Å². The molecule has 152 valence electrons. The van der Waals surface area contributed by atoms with Gasteiger partial charge in [-0.25, -0.2) is 9.97 Å². The molecule has 1 fully saturated rings. The molecule has 1 aliphatic heterocycles. The second kappa shape index (κ2) is 7.71. The van der Waals surface area contributed by atoms with Gasteiger partial charge in [0.25, 0.3) is 5.78 Å². The highest BCUT2D eigenvalue weighted by Crippen LogP contribution is 2.22. The highest BCUT2D eigenvalue weighted by molar-refractivity contribution is 5.60. The molecule has 0 atom stereocenters. The van der Waals surface area contributed by atoms with Crippen molar-refractivity contribution >= 4 is 11.7 Å². The van der Waals surface area contributed by atoms with E-state index in [0.717, 1.165) is 55.6 Å². The summed E-state index contributed by atoms with van der Waals surface area (Å²) in [4.78, 5) is 22.5. The van der Waals surface area contributed by atoms with Gasteiger partial charge in [0.05, 0.1) is 11.4 Å². The third-order valence-corrected chi connectivity index (χ3v) is 5.40. The minimum absolute atomic E-state index is 0.445. The van der Waals surface area contributed by atoms with Crippen LogP contribution in [-0.2, 0) is 0 Å². The summed E-state index contributed by atoms with van der Waals surface area (Å²) >= 11 is 0. The molecule has 0 bridgehead atoms. The fourth-order valence-electron chi connectivity index (χ4n) is 3.61. The first-order valence-corrected chi connectivity index (χ1v) is 10.0. The molecule has 0 spiro atoms. The lowest BCUT2D eigenvalue weighted by Crippen LogP contribution is -2.46. The number of hydrogen-bond acceptors (Lipinski definition) is 9. The molecular formula is C20H22N10. The number of nitrogens with zero attached hydrogens (tertiary/aromatic N) is 10. The lowest BCUT2D eigenvalue weighted by molar-refractivity contribution is 0.270. The molecule has 1 saturated heterocycles. The third kappa shape index (κ3) is 3.35. The summed E-state index contributed by atoms with van der Waals surface area (Å²) in [5.41, 5.74) is 3.05. The molecule has 10 heteroatoms. The standard InChI is InChI=1S/C20H22N10/c1-3-28-9-11-29(12-10-28)19-22-8-6-16(23-19)17-14(2)30-20(26-25-17)24-18(27-30)15-5-4-7-21-13-15/h4-8,13H,3,9-12H2,1-2H3. The molecule has 4 aromatic rings. The van der Waals surface area contributed by atoms with Gasteiger partial charge in [0.15, 0.2) is 5.82 Å². The van der Waals surface area contributed by atoms with Crippen LogP contribution >= 0.6 is 0 Å². The number of rotatable bonds is 4. The van der Waals surface area contributed by atoms with Crippen LogP contribution in [0.3, 0.4) is 0 Å². The van der Waals surface area contributed by atoms with Crippen LogP contribution in [0, 0.1) is 6.92 Å². The van der Waals surface area contributed by atoms with Gasteiger partial charge >= 0.3 is 0 Å². The number of piperazine rings is 1. The maximum Gasteiger partial charge on any atom is 0.272 e. The number of aryl methyl sites for hydroxylation is 1. The lowest BCUT2D eigenvalue weighted by Gasteiger charge is -2.34. The van der Waals surface area contributed by atoms with E-state index in [4.69, 9.17) is 4.98 Å². The second-order valence-corrected chi connectivity index (χ2v) is 7.19. The zero-order chi connectivity index (χ0) is 20.5. The minimum Gasteiger partial charge on any atom is -0.338 e. The van der Waals surface area contributed by atoms with Gasteiger partial charge in [-0.3, -0.25) is 4.98 Å². The first-order chi connectivity index (χ1) is 14.7. The molecule has 30 heavy (non-hydrogen) atoms. The van der Waals surface area contributed by atoms with Gasteiger partial charge in [0.1, 0.15) is 5.69 Å². The molecule has 0 unspecified atom stereocenters. The second-order valence-electron chi connectivity index (χ2n) is 7.19. The van der Waals surface area contributed by atoms with E-state index in [1.807, 2.05) is 25.1 Å². The Bertz CT molecular complexity index is 1160. The summed E-state index contributed by atoms with van der Waals surface area (Å²) in [5.74, 6) is 1.73. The highest BCUT2D eigenvalue weighted by atomic mass is 15.4. The Hall–Kier alpha value is -3.53. The number of pyridine rings is 1. The first kappa shape index (κ1) is 18.5. The first-order valence-electron chi connectivity index (χ1n) is 10.0. The average molecular weight is 402 g/mol. The number of likely N-dealkylation sites (N-methyl/N-ethyl adjacent to an activating group) is 1.